The Bertz CT molecular complexity index is 321. The van der Waals surface area contributed by atoms with Crippen molar-refractivity contribution in [1.29, 1.82) is 0 Å². The molecule has 0 bridgehead atoms. The van der Waals surface area contributed by atoms with Gasteiger partial charge in [0.2, 0.25) is 5.91 Å². The summed E-state index contributed by atoms with van der Waals surface area (Å²) in [6, 6.07) is -1.64. The normalized spacial score (nSPS) is 34.4. The quantitative estimate of drug-likeness (QED) is 0.692. The summed E-state index contributed by atoms with van der Waals surface area (Å²) in [6.07, 6.45) is -1.19. The maximum Gasteiger partial charge on any atom is 0.327 e. The fourth-order valence-electron chi connectivity index (χ4n) is 3.20. The van der Waals surface area contributed by atoms with Gasteiger partial charge in [-0.2, -0.15) is 8.78 Å². The van der Waals surface area contributed by atoms with Crippen molar-refractivity contribution in [2.75, 3.05) is 7.05 Å². The molecule has 1 heterocycles. The molecule has 98 valence electrons. The van der Waals surface area contributed by atoms with E-state index >= 15 is 0 Å². The van der Waals surface area contributed by atoms with Gasteiger partial charge in [0.1, 0.15) is 6.04 Å². The zero-order chi connectivity index (χ0) is 12.8. The lowest BCUT2D eigenvalue weighted by atomic mass is 9.76. The molecule has 17 heavy (non-hydrogen) atoms. The van der Waals surface area contributed by atoms with Gasteiger partial charge in [-0.3, -0.25) is 4.79 Å². The van der Waals surface area contributed by atoms with Gasteiger partial charge in [-0.25, -0.2) is 8.78 Å². The molecule has 1 amide bonds. The van der Waals surface area contributed by atoms with Crippen LogP contribution in [0.1, 0.15) is 25.7 Å². The maximum absolute atomic E-state index is 13.5. The molecule has 1 aliphatic carbocycles. The number of amides is 1. The number of carbonyl (C=O) groups excluding carboxylic acids is 1. The summed E-state index contributed by atoms with van der Waals surface area (Å²) in [4.78, 5) is 12.6. The Morgan fingerprint density at radius 2 is 1.88 bits per heavy atom. The second-order valence-electron chi connectivity index (χ2n) is 4.92. The van der Waals surface area contributed by atoms with Gasteiger partial charge < -0.3 is 4.90 Å². The van der Waals surface area contributed by atoms with Gasteiger partial charge in [0.05, 0.1) is 0 Å². The number of rotatable bonds is 2. The number of halogens is 4. The molecule has 0 aromatic carbocycles. The molecule has 6 heteroatoms. The van der Waals surface area contributed by atoms with E-state index in [1.807, 2.05) is 0 Å². The maximum atomic E-state index is 13.5. The second kappa shape index (κ2) is 4.14. The van der Waals surface area contributed by atoms with Gasteiger partial charge in [-0.1, -0.05) is 12.8 Å². The number of hydrogen-bond acceptors (Lipinski definition) is 1. The van der Waals surface area contributed by atoms with Crippen LogP contribution in [0.15, 0.2) is 0 Å². The van der Waals surface area contributed by atoms with Gasteiger partial charge in [0.25, 0.3) is 0 Å². The third-order valence-corrected chi connectivity index (χ3v) is 3.99. The molecule has 1 saturated carbocycles. The molecule has 0 N–H and O–H groups in total. The van der Waals surface area contributed by atoms with Gasteiger partial charge >= 0.3 is 12.3 Å². The fraction of sp³-hybridized carbons (Fsp3) is 0.909. The van der Waals surface area contributed by atoms with E-state index in [9.17, 15) is 22.4 Å². The van der Waals surface area contributed by atoms with Crippen molar-refractivity contribution in [3.63, 3.8) is 0 Å². The minimum absolute atomic E-state index is 0.403. The smallest absolute Gasteiger partial charge is 0.327 e. The zero-order valence-corrected chi connectivity index (χ0v) is 9.51. The van der Waals surface area contributed by atoms with E-state index < -0.39 is 36.1 Å². The van der Waals surface area contributed by atoms with Gasteiger partial charge in [-0.15, -0.1) is 0 Å². The van der Waals surface area contributed by atoms with E-state index in [0.29, 0.717) is 12.8 Å². The molecule has 0 radical (unpaired) electrons. The van der Waals surface area contributed by atoms with Crippen molar-refractivity contribution in [1.82, 2.24) is 4.90 Å². The van der Waals surface area contributed by atoms with Crippen molar-refractivity contribution in [3.8, 4) is 0 Å². The summed E-state index contributed by atoms with van der Waals surface area (Å²) >= 11 is 0. The van der Waals surface area contributed by atoms with E-state index in [2.05, 4.69) is 0 Å². The van der Waals surface area contributed by atoms with Crippen molar-refractivity contribution in [2.45, 2.75) is 44.1 Å². The van der Waals surface area contributed by atoms with Crippen molar-refractivity contribution in [2.24, 2.45) is 11.8 Å². The molecule has 1 saturated heterocycles. The third kappa shape index (κ3) is 1.81. The highest BCUT2D eigenvalue weighted by atomic mass is 19.3. The molecular formula is C11H15F4NO. The topological polar surface area (TPSA) is 20.3 Å². The Morgan fingerprint density at radius 1 is 1.29 bits per heavy atom. The van der Waals surface area contributed by atoms with Crippen molar-refractivity contribution < 1.29 is 22.4 Å². The zero-order valence-electron chi connectivity index (χ0n) is 9.51. The number of hydrogen-bond donors (Lipinski definition) is 0. The minimum Gasteiger partial charge on any atom is -0.336 e. The minimum atomic E-state index is -4.11. The van der Waals surface area contributed by atoms with Crippen LogP contribution in [0.5, 0.6) is 0 Å². The van der Waals surface area contributed by atoms with E-state index in [1.54, 1.807) is 0 Å². The van der Waals surface area contributed by atoms with E-state index in [0.717, 1.165) is 17.7 Å². The van der Waals surface area contributed by atoms with Crippen LogP contribution in [0.3, 0.4) is 0 Å². The third-order valence-electron chi connectivity index (χ3n) is 3.99. The Kier molecular flexibility index (Phi) is 3.08. The first kappa shape index (κ1) is 12.6. The molecule has 0 aromatic rings. The van der Waals surface area contributed by atoms with Crippen LogP contribution in [0, 0.1) is 11.8 Å². The number of alkyl halides is 4. The predicted octanol–water partition coefficient (Wildman–Crippen LogP) is 2.53. The van der Waals surface area contributed by atoms with Crippen molar-refractivity contribution in [3.05, 3.63) is 0 Å². The Hall–Kier alpha value is -0.810. The lowest BCUT2D eigenvalue weighted by Gasteiger charge is -2.33. The molecule has 2 fully saturated rings. The Balaban J connectivity index is 2.30. The number of fused-ring (bicyclic) bond motifs is 1. The number of carbonyl (C=O) groups is 1. The standard InChI is InChI=1S/C11H15F4NO/c1-16-8(11(14,15)10(12)13)6-4-2-3-5-7(6)9(16)17/h6-8,10H,2-5H2,1H3/t6-,7+,8?/m0/s1. The van der Waals surface area contributed by atoms with Gasteiger partial charge in [-0.05, 0) is 18.8 Å². The lowest BCUT2D eigenvalue weighted by molar-refractivity contribution is -0.177. The average Bonchev–Trinajstić information content (AvgIpc) is 2.52. The highest BCUT2D eigenvalue weighted by molar-refractivity contribution is 5.82. The summed E-state index contributed by atoms with van der Waals surface area (Å²) in [7, 11) is 1.21. The first-order valence-electron chi connectivity index (χ1n) is 5.80. The Morgan fingerprint density at radius 3 is 2.47 bits per heavy atom. The summed E-state index contributed by atoms with van der Waals surface area (Å²) in [5.74, 6) is -5.62. The average molecular weight is 253 g/mol. The summed E-state index contributed by atoms with van der Waals surface area (Å²) in [5, 5.41) is 0. The molecule has 0 aromatic heterocycles. The van der Waals surface area contributed by atoms with Gasteiger partial charge in [0.15, 0.2) is 0 Å². The molecule has 3 atom stereocenters. The van der Waals surface area contributed by atoms with Crippen LogP contribution in [0.4, 0.5) is 17.6 Å². The molecule has 2 aliphatic rings. The predicted molar refractivity (Wildman–Crippen MR) is 53.0 cm³/mol. The number of likely N-dealkylation sites (tertiary alicyclic amines) is 1. The first-order chi connectivity index (χ1) is 7.87. The molecule has 1 aliphatic heterocycles. The van der Waals surface area contributed by atoms with E-state index in [4.69, 9.17) is 0 Å². The van der Waals surface area contributed by atoms with E-state index in [-0.39, 0.29) is 0 Å². The molecule has 2 rings (SSSR count). The highest BCUT2D eigenvalue weighted by Gasteiger charge is 2.61. The second-order valence-corrected chi connectivity index (χ2v) is 4.92. The van der Waals surface area contributed by atoms with E-state index in [1.165, 1.54) is 7.05 Å². The molecular weight excluding hydrogens is 238 g/mol. The summed E-state index contributed by atoms with van der Waals surface area (Å²) in [6.45, 7) is 0. The molecule has 1 unspecified atom stereocenters. The van der Waals surface area contributed by atoms with Crippen LogP contribution in [-0.4, -0.2) is 36.2 Å². The summed E-state index contributed by atoms with van der Waals surface area (Å²) < 4.78 is 51.9. The Labute approximate surface area is 97.0 Å². The number of nitrogens with zero attached hydrogens (tertiary/aromatic N) is 1. The van der Waals surface area contributed by atoms with Crippen LogP contribution >= 0.6 is 0 Å². The van der Waals surface area contributed by atoms with Gasteiger partial charge in [0, 0.05) is 13.0 Å². The van der Waals surface area contributed by atoms with Crippen LogP contribution in [0.25, 0.3) is 0 Å². The van der Waals surface area contributed by atoms with Crippen molar-refractivity contribution >= 4 is 5.91 Å². The van der Waals surface area contributed by atoms with Crippen LogP contribution in [0.2, 0.25) is 0 Å². The molecule has 2 nitrogen and oxygen atoms in total. The summed E-state index contributed by atoms with van der Waals surface area (Å²) in [5.41, 5.74) is 0. The monoisotopic (exact) mass is 253 g/mol. The van der Waals surface area contributed by atoms with Crippen LogP contribution in [-0.2, 0) is 4.79 Å². The molecule has 0 spiro atoms. The first-order valence-corrected chi connectivity index (χ1v) is 5.80. The van der Waals surface area contributed by atoms with Crippen LogP contribution < -0.4 is 0 Å². The highest BCUT2D eigenvalue weighted by Crippen LogP contribution is 2.47. The largest absolute Gasteiger partial charge is 0.336 e. The SMILES string of the molecule is CN1C(=O)[C@@H]2CCCC[C@@H]2C1C(F)(F)C(F)F. The lowest BCUT2D eigenvalue weighted by Crippen LogP contribution is -2.50. The fourth-order valence-corrected chi connectivity index (χ4v) is 3.20.